The summed E-state index contributed by atoms with van der Waals surface area (Å²) < 4.78 is 5.34. The molecule has 1 rings (SSSR count). The molecule has 0 aliphatic carbocycles. The Morgan fingerprint density at radius 3 is 2.53 bits per heavy atom. The van der Waals surface area contributed by atoms with Gasteiger partial charge in [0.1, 0.15) is 5.75 Å². The molecule has 2 heteroatoms. The zero-order valence-electron chi connectivity index (χ0n) is 10.1. The molecular weight excluding hydrogens is 186 g/mol. The Bertz CT molecular complexity index is 298. The first kappa shape index (κ1) is 12.1. The van der Waals surface area contributed by atoms with Crippen molar-refractivity contribution in [3.8, 4) is 5.75 Å². The van der Waals surface area contributed by atoms with Gasteiger partial charge in [0.05, 0.1) is 7.11 Å². The normalized spacial score (nSPS) is 14.7. The first-order chi connectivity index (χ1) is 7.19. The first-order valence-corrected chi connectivity index (χ1v) is 5.58. The fraction of sp³-hybridized carbons (Fsp3) is 0.538. The molecule has 84 valence electrons. The van der Waals surface area contributed by atoms with Gasteiger partial charge in [-0.15, -0.1) is 0 Å². The van der Waals surface area contributed by atoms with Crippen LogP contribution >= 0.6 is 0 Å². The Morgan fingerprint density at radius 2 is 1.93 bits per heavy atom. The maximum atomic E-state index is 5.34. The Hall–Kier alpha value is -1.02. The van der Waals surface area contributed by atoms with Gasteiger partial charge in [0.15, 0.2) is 0 Å². The van der Waals surface area contributed by atoms with Crippen molar-refractivity contribution >= 4 is 0 Å². The van der Waals surface area contributed by atoms with Crippen LogP contribution in [-0.2, 0) is 0 Å². The van der Waals surface area contributed by atoms with Crippen LogP contribution in [0.2, 0.25) is 0 Å². The molecule has 15 heavy (non-hydrogen) atoms. The molecule has 2 atom stereocenters. The predicted octanol–water partition coefficient (Wildman–Crippen LogP) is 3.14. The summed E-state index contributed by atoms with van der Waals surface area (Å²) in [4.78, 5) is 0. The van der Waals surface area contributed by atoms with Crippen molar-refractivity contribution in [1.29, 1.82) is 0 Å². The van der Waals surface area contributed by atoms with Gasteiger partial charge in [-0.1, -0.05) is 25.1 Å². The van der Waals surface area contributed by atoms with Crippen molar-refractivity contribution in [1.82, 2.24) is 5.32 Å². The molecule has 2 nitrogen and oxygen atoms in total. The lowest BCUT2D eigenvalue weighted by Crippen LogP contribution is -2.28. The zero-order valence-corrected chi connectivity index (χ0v) is 10.1. The van der Waals surface area contributed by atoms with Gasteiger partial charge >= 0.3 is 0 Å². The molecular formula is C13H21NO. The van der Waals surface area contributed by atoms with E-state index in [1.807, 2.05) is 18.2 Å². The number of ether oxygens (including phenoxy) is 1. The number of rotatable bonds is 5. The van der Waals surface area contributed by atoms with Gasteiger partial charge in [-0.05, 0) is 26.3 Å². The third-order valence-electron chi connectivity index (χ3n) is 2.75. The number of hydrogen-bond donors (Lipinski definition) is 1. The van der Waals surface area contributed by atoms with Crippen molar-refractivity contribution in [2.75, 3.05) is 7.11 Å². The van der Waals surface area contributed by atoms with E-state index in [1.54, 1.807) is 7.11 Å². The molecule has 0 fully saturated rings. The van der Waals surface area contributed by atoms with Crippen molar-refractivity contribution in [2.45, 2.75) is 39.3 Å². The van der Waals surface area contributed by atoms with E-state index in [2.05, 4.69) is 32.2 Å². The lowest BCUT2D eigenvalue weighted by Gasteiger charge is -2.20. The van der Waals surface area contributed by atoms with Gasteiger partial charge in [0.2, 0.25) is 0 Å². The molecule has 0 saturated heterocycles. The minimum Gasteiger partial charge on any atom is -0.496 e. The Labute approximate surface area is 92.6 Å². The van der Waals surface area contributed by atoms with Crippen molar-refractivity contribution in [3.05, 3.63) is 29.8 Å². The molecule has 0 amide bonds. The molecule has 0 saturated carbocycles. The molecule has 0 spiro atoms. The number of benzene rings is 1. The highest BCUT2D eigenvalue weighted by atomic mass is 16.5. The van der Waals surface area contributed by atoms with Gasteiger partial charge in [0.25, 0.3) is 0 Å². The van der Waals surface area contributed by atoms with E-state index >= 15 is 0 Å². The largest absolute Gasteiger partial charge is 0.496 e. The van der Waals surface area contributed by atoms with Crippen LogP contribution in [-0.4, -0.2) is 13.2 Å². The molecule has 1 aromatic rings. The van der Waals surface area contributed by atoms with Crippen LogP contribution in [0, 0.1) is 0 Å². The van der Waals surface area contributed by atoms with Crippen molar-refractivity contribution in [3.63, 3.8) is 0 Å². The second-order valence-electron chi connectivity index (χ2n) is 3.94. The highest BCUT2D eigenvalue weighted by Crippen LogP contribution is 2.24. The van der Waals surface area contributed by atoms with E-state index in [0.717, 1.165) is 12.2 Å². The second kappa shape index (κ2) is 5.76. The predicted molar refractivity (Wildman–Crippen MR) is 64.3 cm³/mol. The van der Waals surface area contributed by atoms with Crippen LogP contribution in [0.4, 0.5) is 0 Å². The fourth-order valence-corrected chi connectivity index (χ4v) is 1.66. The Balaban J connectivity index is 2.76. The second-order valence-corrected chi connectivity index (χ2v) is 3.94. The summed E-state index contributed by atoms with van der Waals surface area (Å²) in [5, 5.41) is 3.54. The SMILES string of the molecule is CCC(C)N[C@H](C)c1ccccc1OC. The number of hydrogen-bond acceptors (Lipinski definition) is 2. The quantitative estimate of drug-likeness (QED) is 0.801. The first-order valence-electron chi connectivity index (χ1n) is 5.58. The zero-order chi connectivity index (χ0) is 11.3. The monoisotopic (exact) mass is 207 g/mol. The molecule has 0 aliphatic rings. The van der Waals surface area contributed by atoms with Crippen molar-refractivity contribution < 1.29 is 4.74 Å². The maximum absolute atomic E-state index is 5.34. The molecule has 1 unspecified atom stereocenters. The van der Waals surface area contributed by atoms with E-state index in [0.29, 0.717) is 12.1 Å². The van der Waals surface area contributed by atoms with Gasteiger partial charge in [0, 0.05) is 17.6 Å². The van der Waals surface area contributed by atoms with Gasteiger partial charge in [-0.3, -0.25) is 0 Å². The molecule has 0 bridgehead atoms. The molecule has 0 heterocycles. The minimum absolute atomic E-state index is 0.330. The summed E-state index contributed by atoms with van der Waals surface area (Å²) in [7, 11) is 1.72. The highest BCUT2D eigenvalue weighted by Gasteiger charge is 2.11. The summed E-state index contributed by atoms with van der Waals surface area (Å²) in [6.45, 7) is 6.56. The van der Waals surface area contributed by atoms with Gasteiger partial charge in [-0.25, -0.2) is 0 Å². The molecule has 0 aliphatic heterocycles. The van der Waals surface area contributed by atoms with Crippen LogP contribution in [0.25, 0.3) is 0 Å². The molecule has 0 aromatic heterocycles. The van der Waals surface area contributed by atoms with Crippen LogP contribution in [0.5, 0.6) is 5.75 Å². The van der Waals surface area contributed by atoms with E-state index in [4.69, 9.17) is 4.74 Å². The molecule has 1 aromatic carbocycles. The van der Waals surface area contributed by atoms with E-state index < -0.39 is 0 Å². The standard InChI is InChI=1S/C13H21NO/c1-5-10(2)14-11(3)12-8-6-7-9-13(12)15-4/h6-11,14H,5H2,1-4H3/t10?,11-/m1/s1. The van der Waals surface area contributed by atoms with Crippen LogP contribution in [0.1, 0.15) is 38.8 Å². The smallest absolute Gasteiger partial charge is 0.123 e. The third-order valence-corrected chi connectivity index (χ3v) is 2.75. The van der Waals surface area contributed by atoms with E-state index in [-0.39, 0.29) is 0 Å². The number of para-hydroxylation sites is 1. The third kappa shape index (κ3) is 3.24. The number of nitrogens with one attached hydrogen (secondary N) is 1. The van der Waals surface area contributed by atoms with Crippen LogP contribution in [0.3, 0.4) is 0 Å². The Kier molecular flexibility index (Phi) is 4.63. The lowest BCUT2D eigenvalue weighted by molar-refractivity contribution is 0.394. The van der Waals surface area contributed by atoms with E-state index in [1.165, 1.54) is 5.56 Å². The molecule has 0 radical (unpaired) electrons. The van der Waals surface area contributed by atoms with Crippen LogP contribution < -0.4 is 10.1 Å². The van der Waals surface area contributed by atoms with E-state index in [9.17, 15) is 0 Å². The molecule has 1 N–H and O–H groups in total. The maximum Gasteiger partial charge on any atom is 0.123 e. The Morgan fingerprint density at radius 1 is 1.27 bits per heavy atom. The summed E-state index contributed by atoms with van der Waals surface area (Å²) in [5.74, 6) is 0.959. The number of methoxy groups -OCH3 is 1. The summed E-state index contributed by atoms with van der Waals surface area (Å²) in [5.41, 5.74) is 1.22. The fourth-order valence-electron chi connectivity index (χ4n) is 1.66. The minimum atomic E-state index is 0.330. The summed E-state index contributed by atoms with van der Waals surface area (Å²) in [6.07, 6.45) is 1.14. The highest BCUT2D eigenvalue weighted by molar-refractivity contribution is 5.35. The topological polar surface area (TPSA) is 21.3 Å². The average Bonchev–Trinajstić information content (AvgIpc) is 2.28. The average molecular weight is 207 g/mol. The van der Waals surface area contributed by atoms with Gasteiger partial charge < -0.3 is 10.1 Å². The van der Waals surface area contributed by atoms with Crippen LogP contribution in [0.15, 0.2) is 24.3 Å². The lowest BCUT2D eigenvalue weighted by atomic mass is 10.1. The van der Waals surface area contributed by atoms with Gasteiger partial charge in [-0.2, -0.15) is 0 Å². The summed E-state index contributed by atoms with van der Waals surface area (Å²) in [6, 6.07) is 9.02. The summed E-state index contributed by atoms with van der Waals surface area (Å²) >= 11 is 0. The van der Waals surface area contributed by atoms with Crippen molar-refractivity contribution in [2.24, 2.45) is 0 Å².